The van der Waals surface area contributed by atoms with Crippen LogP contribution in [0.5, 0.6) is 0 Å². The molecule has 1 N–H and O–H groups in total. The zero-order valence-corrected chi connectivity index (χ0v) is 14.0. The maximum Gasteiger partial charge on any atom is 0.241 e. The van der Waals surface area contributed by atoms with E-state index in [1.165, 1.54) is 0 Å². The Labute approximate surface area is 124 Å². The van der Waals surface area contributed by atoms with Crippen LogP contribution in [0.2, 0.25) is 0 Å². The predicted molar refractivity (Wildman–Crippen MR) is 82.4 cm³/mol. The fourth-order valence-electron chi connectivity index (χ4n) is 2.94. The van der Waals surface area contributed by atoms with Crippen molar-refractivity contribution in [2.24, 2.45) is 11.8 Å². The fourth-order valence-corrected chi connectivity index (χ4v) is 2.94. The van der Waals surface area contributed by atoms with E-state index in [1.807, 2.05) is 0 Å². The highest BCUT2D eigenvalue weighted by Gasteiger charge is 2.43. The minimum Gasteiger partial charge on any atom is -0.383 e. The zero-order valence-electron chi connectivity index (χ0n) is 14.0. The lowest BCUT2D eigenvalue weighted by Gasteiger charge is -2.36. The van der Waals surface area contributed by atoms with Gasteiger partial charge in [0.25, 0.3) is 0 Å². The number of hydrogen-bond acceptors (Lipinski definition) is 3. The van der Waals surface area contributed by atoms with Crippen LogP contribution in [-0.2, 0) is 9.53 Å². The van der Waals surface area contributed by atoms with Crippen LogP contribution >= 0.6 is 0 Å². The molecule has 3 unspecified atom stereocenters. The molecule has 0 aromatic heterocycles. The highest BCUT2D eigenvalue weighted by Crippen LogP contribution is 2.26. The first-order valence-electron chi connectivity index (χ1n) is 8.01. The number of rotatable bonds is 8. The lowest BCUT2D eigenvalue weighted by atomic mass is 10.0. The number of ether oxygens (including phenoxy) is 1. The number of nitrogens with zero attached hydrogens (tertiary/aromatic N) is 1. The molecule has 118 valence electrons. The first-order valence-corrected chi connectivity index (χ1v) is 8.01. The highest BCUT2D eigenvalue weighted by atomic mass is 16.5. The van der Waals surface area contributed by atoms with Gasteiger partial charge in [-0.15, -0.1) is 0 Å². The van der Waals surface area contributed by atoms with Crippen molar-refractivity contribution in [1.29, 1.82) is 0 Å². The van der Waals surface area contributed by atoms with Crippen LogP contribution in [0, 0.1) is 11.8 Å². The van der Waals surface area contributed by atoms with Crippen LogP contribution in [0.1, 0.15) is 53.9 Å². The molecule has 20 heavy (non-hydrogen) atoms. The maximum atomic E-state index is 12.8. The number of methoxy groups -OCH3 is 1. The Kier molecular flexibility index (Phi) is 6.96. The topological polar surface area (TPSA) is 41.6 Å². The second-order valence-corrected chi connectivity index (χ2v) is 6.56. The van der Waals surface area contributed by atoms with Gasteiger partial charge in [0.1, 0.15) is 0 Å². The summed E-state index contributed by atoms with van der Waals surface area (Å²) in [5.41, 5.74) is 0. The van der Waals surface area contributed by atoms with Gasteiger partial charge < -0.3 is 9.64 Å². The van der Waals surface area contributed by atoms with E-state index in [0.29, 0.717) is 18.4 Å². The first-order chi connectivity index (χ1) is 9.43. The molecule has 0 aliphatic carbocycles. The molecule has 0 spiro atoms. The number of hydrogen-bond donors (Lipinski definition) is 1. The molecule has 1 fully saturated rings. The van der Waals surface area contributed by atoms with Crippen LogP contribution in [0.25, 0.3) is 0 Å². The largest absolute Gasteiger partial charge is 0.383 e. The highest BCUT2D eigenvalue weighted by molar-refractivity contribution is 5.84. The van der Waals surface area contributed by atoms with Gasteiger partial charge in [0.2, 0.25) is 5.91 Å². The number of carbonyl (C=O) groups excluding carboxylic acids is 1. The zero-order chi connectivity index (χ0) is 15.3. The first kappa shape index (κ1) is 17.4. The monoisotopic (exact) mass is 284 g/mol. The fraction of sp³-hybridized carbons (Fsp3) is 0.938. The molecular formula is C16H32N2O2. The van der Waals surface area contributed by atoms with E-state index in [1.54, 1.807) is 7.11 Å². The minimum absolute atomic E-state index is 0.0135. The smallest absolute Gasteiger partial charge is 0.241 e. The van der Waals surface area contributed by atoms with E-state index in [9.17, 15) is 4.79 Å². The molecule has 0 radical (unpaired) electrons. The second-order valence-electron chi connectivity index (χ2n) is 6.56. The molecule has 0 aromatic rings. The summed E-state index contributed by atoms with van der Waals surface area (Å²) in [6.07, 6.45) is 3.29. The normalized spacial score (nSPS) is 25.0. The molecule has 1 rings (SSSR count). The van der Waals surface area contributed by atoms with Crippen LogP contribution in [-0.4, -0.2) is 42.8 Å². The molecule has 4 heteroatoms. The van der Waals surface area contributed by atoms with Crippen molar-refractivity contribution in [1.82, 2.24) is 10.2 Å². The molecule has 0 saturated carbocycles. The van der Waals surface area contributed by atoms with Crippen molar-refractivity contribution in [3.05, 3.63) is 0 Å². The summed E-state index contributed by atoms with van der Waals surface area (Å²) in [6, 6.07) is 0.138. The van der Waals surface area contributed by atoms with Gasteiger partial charge in [-0.2, -0.15) is 0 Å². The van der Waals surface area contributed by atoms with Crippen LogP contribution < -0.4 is 5.32 Å². The van der Waals surface area contributed by atoms with E-state index in [2.05, 4.69) is 44.8 Å². The molecule has 1 aliphatic heterocycles. The summed E-state index contributed by atoms with van der Waals surface area (Å²) >= 11 is 0. The van der Waals surface area contributed by atoms with Gasteiger partial charge in [0.15, 0.2) is 0 Å². The van der Waals surface area contributed by atoms with Crippen molar-refractivity contribution in [3.8, 4) is 0 Å². The Morgan fingerprint density at radius 1 is 1.30 bits per heavy atom. The summed E-state index contributed by atoms with van der Waals surface area (Å²) in [5, 5.41) is 3.54. The Morgan fingerprint density at radius 2 is 1.95 bits per heavy atom. The van der Waals surface area contributed by atoms with Gasteiger partial charge in [-0.25, -0.2) is 0 Å². The molecule has 1 amide bonds. The molecule has 1 heterocycles. The lowest BCUT2D eigenvalue weighted by Crippen LogP contribution is -2.51. The van der Waals surface area contributed by atoms with Crippen molar-refractivity contribution < 1.29 is 9.53 Å². The minimum atomic E-state index is -0.0135. The van der Waals surface area contributed by atoms with E-state index < -0.39 is 0 Å². The average molecular weight is 284 g/mol. The molecule has 0 aromatic carbocycles. The third kappa shape index (κ3) is 3.95. The number of unbranched alkanes of at least 4 members (excludes halogenated alkanes) is 1. The van der Waals surface area contributed by atoms with Gasteiger partial charge in [0, 0.05) is 7.11 Å². The summed E-state index contributed by atoms with van der Waals surface area (Å²) < 4.78 is 5.35. The number of amides is 1. The lowest BCUT2D eigenvalue weighted by molar-refractivity contribution is -0.135. The van der Waals surface area contributed by atoms with E-state index >= 15 is 0 Å². The van der Waals surface area contributed by atoms with Gasteiger partial charge in [-0.1, -0.05) is 47.5 Å². The predicted octanol–water partition coefficient (Wildman–Crippen LogP) is 2.63. The summed E-state index contributed by atoms with van der Waals surface area (Å²) in [4.78, 5) is 14.8. The van der Waals surface area contributed by atoms with Gasteiger partial charge in [-0.05, 0) is 18.3 Å². The van der Waals surface area contributed by atoms with Crippen molar-refractivity contribution in [2.45, 2.75) is 72.1 Å². The molecule has 1 saturated heterocycles. The average Bonchev–Trinajstić information content (AvgIpc) is 2.70. The molecule has 4 nitrogen and oxygen atoms in total. The molecule has 0 bridgehead atoms. The molecule has 1 aliphatic rings. The van der Waals surface area contributed by atoms with Crippen LogP contribution in [0.15, 0.2) is 0 Å². The Bertz CT molecular complexity index is 305. The van der Waals surface area contributed by atoms with Crippen molar-refractivity contribution in [2.75, 3.05) is 13.7 Å². The summed E-state index contributed by atoms with van der Waals surface area (Å²) in [7, 11) is 1.71. The Balaban J connectivity index is 2.90. The van der Waals surface area contributed by atoms with Crippen molar-refractivity contribution in [3.63, 3.8) is 0 Å². The van der Waals surface area contributed by atoms with Crippen LogP contribution in [0.4, 0.5) is 0 Å². The third-order valence-electron chi connectivity index (χ3n) is 4.17. The van der Waals surface area contributed by atoms with E-state index in [4.69, 9.17) is 4.74 Å². The molecular weight excluding hydrogens is 252 g/mol. The van der Waals surface area contributed by atoms with Gasteiger partial charge in [0.05, 0.1) is 24.9 Å². The summed E-state index contributed by atoms with van der Waals surface area (Å²) in [6.45, 7) is 11.4. The van der Waals surface area contributed by atoms with Gasteiger partial charge >= 0.3 is 0 Å². The Morgan fingerprint density at radius 3 is 2.40 bits per heavy atom. The SMILES string of the molecule is CCCCC1NC(C(C)C)N(C(COC)C(C)C)C1=O. The van der Waals surface area contributed by atoms with Crippen molar-refractivity contribution >= 4 is 5.91 Å². The van der Waals surface area contributed by atoms with Crippen LogP contribution in [0.3, 0.4) is 0 Å². The standard InChI is InChI=1S/C16H32N2O2/c1-7-8-9-13-16(19)18(15(17-13)12(4)5)14(10-20-6)11(2)3/h11-15,17H,7-10H2,1-6H3. The third-order valence-corrected chi connectivity index (χ3v) is 4.17. The van der Waals surface area contributed by atoms with E-state index in [0.717, 1.165) is 19.3 Å². The quantitative estimate of drug-likeness (QED) is 0.745. The number of carbonyl (C=O) groups is 1. The summed E-state index contributed by atoms with van der Waals surface area (Å²) in [5.74, 6) is 1.06. The maximum absolute atomic E-state index is 12.8. The molecule has 3 atom stereocenters. The Hall–Kier alpha value is -0.610. The van der Waals surface area contributed by atoms with E-state index in [-0.39, 0.29) is 24.2 Å². The van der Waals surface area contributed by atoms with Gasteiger partial charge in [-0.3, -0.25) is 10.1 Å². The second kappa shape index (κ2) is 7.99. The number of nitrogens with one attached hydrogen (secondary N) is 1.